The van der Waals surface area contributed by atoms with Crippen molar-refractivity contribution in [2.45, 2.75) is 19.4 Å². The Morgan fingerprint density at radius 2 is 2.24 bits per heavy atom. The lowest BCUT2D eigenvalue weighted by Gasteiger charge is -2.27. The lowest BCUT2D eigenvalue weighted by Crippen LogP contribution is -2.29. The van der Waals surface area contributed by atoms with E-state index in [2.05, 4.69) is 16.9 Å². The number of rotatable bonds is 4. The molecule has 1 aliphatic rings. The minimum atomic E-state index is 0.599. The number of nitrogens with zero attached hydrogens (tertiary/aromatic N) is 2. The molecule has 2 rings (SSSR count). The summed E-state index contributed by atoms with van der Waals surface area (Å²) in [5.41, 5.74) is 6.90. The van der Waals surface area contributed by atoms with Gasteiger partial charge in [-0.15, -0.1) is 0 Å². The van der Waals surface area contributed by atoms with Gasteiger partial charge in [-0.05, 0) is 43.5 Å². The van der Waals surface area contributed by atoms with Gasteiger partial charge in [0.15, 0.2) is 0 Å². The smallest absolute Gasteiger partial charge is 0.123 e. The second-order valence-electron chi connectivity index (χ2n) is 4.84. The fraction of sp³-hybridized carbons (Fsp3) is 0.615. The average molecular weight is 235 g/mol. The normalized spacial score (nSPS) is 17.5. The van der Waals surface area contributed by atoms with Crippen LogP contribution in [0.2, 0.25) is 0 Å². The topological polar surface area (TPSA) is 51.4 Å². The molecule has 0 aliphatic carbocycles. The summed E-state index contributed by atoms with van der Waals surface area (Å²) >= 11 is 0. The lowest BCUT2D eigenvalue weighted by atomic mass is 10.00. The predicted octanol–water partition coefficient (Wildman–Crippen LogP) is 1.52. The molecule has 0 saturated carbocycles. The Morgan fingerprint density at radius 1 is 1.47 bits per heavy atom. The third kappa shape index (κ3) is 3.98. The molecule has 0 aromatic carbocycles. The van der Waals surface area contributed by atoms with E-state index in [9.17, 15) is 0 Å². The Bertz CT molecular complexity index is 350. The van der Waals surface area contributed by atoms with Crippen molar-refractivity contribution in [2.75, 3.05) is 32.5 Å². The van der Waals surface area contributed by atoms with Crippen molar-refractivity contribution >= 4 is 5.82 Å². The number of hydrogen-bond donors (Lipinski definition) is 1. The van der Waals surface area contributed by atoms with Crippen molar-refractivity contribution in [3.8, 4) is 0 Å². The average Bonchev–Trinajstić information content (AvgIpc) is 2.30. The fourth-order valence-electron chi connectivity index (χ4n) is 2.34. The molecule has 0 amide bonds. The highest BCUT2D eigenvalue weighted by Gasteiger charge is 2.15. The summed E-state index contributed by atoms with van der Waals surface area (Å²) < 4.78 is 5.37. The van der Waals surface area contributed by atoms with Gasteiger partial charge in [0.25, 0.3) is 0 Å². The molecule has 4 nitrogen and oxygen atoms in total. The van der Waals surface area contributed by atoms with Crippen molar-refractivity contribution in [1.29, 1.82) is 0 Å². The van der Waals surface area contributed by atoms with Gasteiger partial charge in [-0.25, -0.2) is 4.98 Å². The third-order valence-corrected chi connectivity index (χ3v) is 3.21. The number of nitrogens with two attached hydrogens (primary N) is 1. The number of pyridine rings is 1. The van der Waals surface area contributed by atoms with Gasteiger partial charge in [0.05, 0.1) is 0 Å². The molecule has 1 aliphatic heterocycles. The Morgan fingerprint density at radius 3 is 2.94 bits per heavy atom. The molecule has 0 unspecified atom stereocenters. The summed E-state index contributed by atoms with van der Waals surface area (Å²) in [5.74, 6) is 1.37. The maximum absolute atomic E-state index is 5.67. The summed E-state index contributed by atoms with van der Waals surface area (Å²) in [7, 11) is 2.16. The summed E-state index contributed by atoms with van der Waals surface area (Å²) in [6.07, 6.45) is 4.14. The maximum Gasteiger partial charge on any atom is 0.123 e. The van der Waals surface area contributed by atoms with Crippen LogP contribution in [0.4, 0.5) is 5.82 Å². The molecule has 2 N–H and O–H groups in total. The maximum atomic E-state index is 5.67. The monoisotopic (exact) mass is 235 g/mol. The van der Waals surface area contributed by atoms with Crippen LogP contribution in [0.1, 0.15) is 18.4 Å². The van der Waals surface area contributed by atoms with Gasteiger partial charge in [0.1, 0.15) is 5.82 Å². The molecule has 1 aromatic heterocycles. The van der Waals surface area contributed by atoms with Crippen molar-refractivity contribution in [3.63, 3.8) is 0 Å². The minimum absolute atomic E-state index is 0.599. The Balaban J connectivity index is 1.82. The molecule has 0 bridgehead atoms. The van der Waals surface area contributed by atoms with Crippen molar-refractivity contribution in [2.24, 2.45) is 5.92 Å². The van der Waals surface area contributed by atoms with E-state index in [1.165, 1.54) is 18.4 Å². The zero-order valence-electron chi connectivity index (χ0n) is 10.4. The van der Waals surface area contributed by atoms with E-state index in [0.29, 0.717) is 5.82 Å². The van der Waals surface area contributed by atoms with Crippen LogP contribution >= 0.6 is 0 Å². The number of aromatic nitrogens is 1. The number of hydrogen-bond acceptors (Lipinski definition) is 4. The van der Waals surface area contributed by atoms with E-state index in [0.717, 1.165) is 32.2 Å². The quantitative estimate of drug-likeness (QED) is 0.859. The van der Waals surface area contributed by atoms with Gasteiger partial charge in [0.2, 0.25) is 0 Å². The highest BCUT2D eigenvalue weighted by Crippen LogP contribution is 2.16. The molecule has 1 aromatic rings. The van der Waals surface area contributed by atoms with Crippen LogP contribution < -0.4 is 5.73 Å². The fourth-order valence-corrected chi connectivity index (χ4v) is 2.34. The van der Waals surface area contributed by atoms with E-state index < -0.39 is 0 Å². The van der Waals surface area contributed by atoms with Crippen molar-refractivity contribution in [3.05, 3.63) is 23.9 Å². The molecule has 4 heteroatoms. The van der Waals surface area contributed by atoms with E-state index >= 15 is 0 Å². The highest BCUT2D eigenvalue weighted by molar-refractivity contribution is 5.31. The molecule has 0 spiro atoms. The van der Waals surface area contributed by atoms with E-state index in [-0.39, 0.29) is 0 Å². The molecule has 94 valence electrons. The van der Waals surface area contributed by atoms with Crippen LogP contribution in [0.5, 0.6) is 0 Å². The van der Waals surface area contributed by atoms with Crippen LogP contribution in [0.3, 0.4) is 0 Å². The zero-order valence-corrected chi connectivity index (χ0v) is 10.4. The minimum Gasteiger partial charge on any atom is -0.384 e. The Kier molecular flexibility index (Phi) is 4.34. The van der Waals surface area contributed by atoms with E-state index in [4.69, 9.17) is 10.5 Å². The predicted molar refractivity (Wildman–Crippen MR) is 68.5 cm³/mol. The third-order valence-electron chi connectivity index (χ3n) is 3.21. The number of anilines is 1. The lowest BCUT2D eigenvalue weighted by molar-refractivity contribution is 0.0549. The SMILES string of the molecule is CN(Cc1ccnc(N)c1)CC1CCOCC1. The molecule has 0 atom stereocenters. The first-order valence-electron chi connectivity index (χ1n) is 6.21. The van der Waals surface area contributed by atoms with Gasteiger partial charge >= 0.3 is 0 Å². The van der Waals surface area contributed by atoms with Crippen LogP contribution in [-0.4, -0.2) is 36.7 Å². The van der Waals surface area contributed by atoms with Crippen LogP contribution in [0.25, 0.3) is 0 Å². The van der Waals surface area contributed by atoms with Crippen LogP contribution in [-0.2, 0) is 11.3 Å². The van der Waals surface area contributed by atoms with Gasteiger partial charge in [0, 0.05) is 32.5 Å². The Labute approximate surface area is 103 Å². The van der Waals surface area contributed by atoms with E-state index in [1.54, 1.807) is 6.20 Å². The molecule has 17 heavy (non-hydrogen) atoms. The first-order valence-corrected chi connectivity index (χ1v) is 6.21. The van der Waals surface area contributed by atoms with Crippen molar-refractivity contribution in [1.82, 2.24) is 9.88 Å². The Hall–Kier alpha value is -1.13. The molecular weight excluding hydrogens is 214 g/mol. The van der Waals surface area contributed by atoms with Gasteiger partial charge in [-0.2, -0.15) is 0 Å². The van der Waals surface area contributed by atoms with Gasteiger partial charge in [-0.1, -0.05) is 0 Å². The second kappa shape index (κ2) is 5.98. The molecule has 1 fully saturated rings. The molecule has 2 heterocycles. The number of nitrogen functional groups attached to an aromatic ring is 1. The van der Waals surface area contributed by atoms with Crippen LogP contribution in [0.15, 0.2) is 18.3 Å². The van der Waals surface area contributed by atoms with Gasteiger partial charge in [-0.3, -0.25) is 0 Å². The summed E-state index contributed by atoms with van der Waals surface area (Å²) in [6.45, 7) is 3.90. The number of ether oxygens (including phenoxy) is 1. The molecule has 0 radical (unpaired) electrons. The van der Waals surface area contributed by atoms with E-state index in [1.807, 2.05) is 12.1 Å². The zero-order chi connectivity index (χ0) is 12.1. The summed E-state index contributed by atoms with van der Waals surface area (Å²) in [6, 6.07) is 3.97. The molecular formula is C13H21N3O. The first-order chi connectivity index (χ1) is 8.24. The summed E-state index contributed by atoms with van der Waals surface area (Å²) in [5, 5.41) is 0. The highest BCUT2D eigenvalue weighted by atomic mass is 16.5. The molecule has 1 saturated heterocycles. The first kappa shape index (κ1) is 12.3. The standard InChI is InChI=1S/C13H21N3O/c1-16(9-11-3-6-17-7-4-11)10-12-2-5-15-13(14)8-12/h2,5,8,11H,3-4,6-7,9-10H2,1H3,(H2,14,15). The second-order valence-corrected chi connectivity index (χ2v) is 4.84. The van der Waals surface area contributed by atoms with Crippen LogP contribution in [0, 0.1) is 5.92 Å². The summed E-state index contributed by atoms with van der Waals surface area (Å²) in [4.78, 5) is 6.36. The van der Waals surface area contributed by atoms with Crippen molar-refractivity contribution < 1.29 is 4.74 Å². The largest absolute Gasteiger partial charge is 0.384 e. The van der Waals surface area contributed by atoms with Gasteiger partial charge < -0.3 is 15.4 Å².